The summed E-state index contributed by atoms with van der Waals surface area (Å²) >= 11 is 5.83. The summed E-state index contributed by atoms with van der Waals surface area (Å²) < 4.78 is 39.5. The van der Waals surface area contributed by atoms with E-state index in [2.05, 4.69) is 15.3 Å². The fourth-order valence-corrected chi connectivity index (χ4v) is 1.82. The van der Waals surface area contributed by atoms with Crippen LogP contribution in [-0.4, -0.2) is 9.97 Å². The van der Waals surface area contributed by atoms with Crippen LogP contribution in [0.25, 0.3) is 0 Å². The molecule has 0 fully saturated rings. The third kappa shape index (κ3) is 3.39. The number of nitrogens with zero attached hydrogens (tertiary/aromatic N) is 2. The summed E-state index contributed by atoms with van der Waals surface area (Å²) in [5.74, 6) is -2.61. The van der Waals surface area contributed by atoms with E-state index in [1.54, 1.807) is 0 Å². The average Bonchev–Trinajstić information content (AvgIpc) is 2.35. The van der Waals surface area contributed by atoms with E-state index in [1.807, 2.05) is 6.92 Å². The molecule has 0 aliphatic carbocycles. The Morgan fingerprint density at radius 3 is 2.45 bits per heavy atom. The van der Waals surface area contributed by atoms with Gasteiger partial charge in [0.2, 0.25) is 0 Å². The van der Waals surface area contributed by atoms with Crippen LogP contribution in [0, 0.1) is 17.5 Å². The quantitative estimate of drug-likeness (QED) is 0.678. The van der Waals surface area contributed by atoms with Crippen molar-refractivity contribution in [2.75, 3.05) is 5.32 Å². The van der Waals surface area contributed by atoms with Gasteiger partial charge in [-0.3, -0.25) is 0 Å². The van der Waals surface area contributed by atoms with Gasteiger partial charge in [-0.1, -0.05) is 18.5 Å². The Hall–Kier alpha value is -1.82. The van der Waals surface area contributed by atoms with E-state index in [-0.39, 0.29) is 16.7 Å². The second-order valence-electron chi connectivity index (χ2n) is 4.11. The van der Waals surface area contributed by atoms with E-state index in [9.17, 15) is 13.2 Å². The van der Waals surface area contributed by atoms with Gasteiger partial charge in [0.15, 0.2) is 11.6 Å². The fraction of sp³-hybridized carbons (Fsp3) is 0.231. The summed E-state index contributed by atoms with van der Waals surface area (Å²) in [7, 11) is 0. The lowest BCUT2D eigenvalue weighted by atomic mass is 10.2. The van der Waals surface area contributed by atoms with Crippen LogP contribution in [-0.2, 0) is 6.42 Å². The monoisotopic (exact) mass is 301 g/mol. The van der Waals surface area contributed by atoms with Crippen molar-refractivity contribution in [1.29, 1.82) is 0 Å². The number of benzene rings is 1. The Kier molecular flexibility index (Phi) is 4.44. The highest BCUT2D eigenvalue weighted by Gasteiger charge is 2.11. The zero-order valence-corrected chi connectivity index (χ0v) is 11.3. The normalized spacial score (nSPS) is 10.7. The SMILES string of the molecule is CCCc1nc(Cl)cc(Nc2cc(F)c(F)cc2F)n1. The lowest BCUT2D eigenvalue weighted by Gasteiger charge is -2.09. The van der Waals surface area contributed by atoms with Crippen molar-refractivity contribution in [3.8, 4) is 0 Å². The van der Waals surface area contributed by atoms with Crippen LogP contribution in [0.4, 0.5) is 24.7 Å². The van der Waals surface area contributed by atoms with Crippen LogP contribution >= 0.6 is 11.6 Å². The van der Waals surface area contributed by atoms with Gasteiger partial charge in [0.25, 0.3) is 0 Å². The fourth-order valence-electron chi connectivity index (χ4n) is 1.62. The Morgan fingerprint density at radius 1 is 1.05 bits per heavy atom. The van der Waals surface area contributed by atoms with E-state index in [0.29, 0.717) is 18.3 Å². The standard InChI is InChI=1S/C13H11ClF3N3/c1-2-3-12-19-11(14)6-13(20-12)18-10-5-8(16)7(15)4-9(10)17/h4-6H,2-3H2,1H3,(H,18,19,20). The third-order valence-electron chi connectivity index (χ3n) is 2.49. The van der Waals surface area contributed by atoms with Crippen LogP contribution in [0.1, 0.15) is 19.2 Å². The molecule has 1 aromatic heterocycles. The first-order chi connectivity index (χ1) is 9.49. The Bertz CT molecular complexity index is 634. The average molecular weight is 302 g/mol. The highest BCUT2D eigenvalue weighted by Crippen LogP contribution is 2.23. The van der Waals surface area contributed by atoms with Crippen LogP contribution in [0.2, 0.25) is 5.15 Å². The predicted molar refractivity (Wildman–Crippen MR) is 70.6 cm³/mol. The van der Waals surface area contributed by atoms with E-state index in [0.717, 1.165) is 12.5 Å². The molecule has 0 saturated heterocycles. The summed E-state index contributed by atoms with van der Waals surface area (Å²) in [6.45, 7) is 1.95. The number of anilines is 2. The maximum Gasteiger partial charge on any atom is 0.161 e. The van der Waals surface area contributed by atoms with Crippen molar-refractivity contribution in [1.82, 2.24) is 9.97 Å². The molecule has 0 amide bonds. The summed E-state index contributed by atoms with van der Waals surface area (Å²) in [5, 5.41) is 2.75. The molecule has 0 radical (unpaired) electrons. The summed E-state index contributed by atoms with van der Waals surface area (Å²) in [6, 6.07) is 2.56. The van der Waals surface area contributed by atoms with E-state index < -0.39 is 17.5 Å². The number of hydrogen-bond donors (Lipinski definition) is 1. The minimum atomic E-state index is -1.25. The van der Waals surface area contributed by atoms with Gasteiger partial charge in [-0.25, -0.2) is 23.1 Å². The molecular weight excluding hydrogens is 291 g/mol. The lowest BCUT2D eigenvalue weighted by molar-refractivity contribution is 0.496. The lowest BCUT2D eigenvalue weighted by Crippen LogP contribution is -2.02. The number of nitrogens with one attached hydrogen (secondary N) is 1. The molecule has 0 spiro atoms. The van der Waals surface area contributed by atoms with Gasteiger partial charge in [0, 0.05) is 24.6 Å². The van der Waals surface area contributed by atoms with Crippen molar-refractivity contribution in [2.45, 2.75) is 19.8 Å². The maximum atomic E-state index is 13.5. The van der Waals surface area contributed by atoms with Gasteiger partial charge in [0.1, 0.15) is 22.6 Å². The molecule has 0 saturated carbocycles. The molecule has 3 nitrogen and oxygen atoms in total. The molecule has 2 rings (SSSR count). The molecule has 1 heterocycles. The van der Waals surface area contributed by atoms with Crippen molar-refractivity contribution in [2.24, 2.45) is 0 Å². The number of rotatable bonds is 4. The van der Waals surface area contributed by atoms with Crippen molar-refractivity contribution in [3.05, 3.63) is 46.6 Å². The minimum absolute atomic E-state index is 0.189. The number of halogens is 4. The second-order valence-corrected chi connectivity index (χ2v) is 4.50. The predicted octanol–water partition coefficient (Wildman–Crippen LogP) is 4.24. The first-order valence-corrected chi connectivity index (χ1v) is 6.32. The first-order valence-electron chi connectivity index (χ1n) is 5.94. The molecule has 0 unspecified atom stereocenters. The molecule has 0 aliphatic rings. The summed E-state index contributed by atoms with van der Waals surface area (Å²) in [5.41, 5.74) is -0.221. The summed E-state index contributed by atoms with van der Waals surface area (Å²) in [4.78, 5) is 8.13. The van der Waals surface area contributed by atoms with Crippen molar-refractivity contribution < 1.29 is 13.2 Å². The van der Waals surface area contributed by atoms with Crippen molar-refractivity contribution >= 4 is 23.1 Å². The largest absolute Gasteiger partial charge is 0.338 e. The van der Waals surface area contributed by atoms with Gasteiger partial charge < -0.3 is 5.32 Å². The van der Waals surface area contributed by atoms with Crippen LogP contribution in [0.5, 0.6) is 0 Å². The topological polar surface area (TPSA) is 37.8 Å². The molecule has 0 aliphatic heterocycles. The highest BCUT2D eigenvalue weighted by atomic mass is 35.5. The smallest absolute Gasteiger partial charge is 0.161 e. The third-order valence-corrected chi connectivity index (χ3v) is 2.68. The molecule has 7 heteroatoms. The second kappa shape index (κ2) is 6.09. The molecule has 2 aromatic rings. The zero-order chi connectivity index (χ0) is 14.7. The highest BCUT2D eigenvalue weighted by molar-refractivity contribution is 6.29. The van der Waals surface area contributed by atoms with E-state index >= 15 is 0 Å². The van der Waals surface area contributed by atoms with E-state index in [4.69, 9.17) is 11.6 Å². The Labute approximate surface area is 118 Å². The van der Waals surface area contributed by atoms with Crippen LogP contribution < -0.4 is 5.32 Å². The maximum absolute atomic E-state index is 13.5. The van der Waals surface area contributed by atoms with E-state index in [1.165, 1.54) is 6.07 Å². The Morgan fingerprint density at radius 2 is 1.75 bits per heavy atom. The molecule has 0 bridgehead atoms. The van der Waals surface area contributed by atoms with Crippen LogP contribution in [0.3, 0.4) is 0 Å². The minimum Gasteiger partial charge on any atom is -0.338 e. The number of aryl methyl sites for hydroxylation is 1. The molecule has 1 N–H and O–H groups in total. The molecular formula is C13H11ClF3N3. The molecule has 106 valence electrons. The van der Waals surface area contributed by atoms with Gasteiger partial charge in [-0.2, -0.15) is 0 Å². The first kappa shape index (κ1) is 14.6. The van der Waals surface area contributed by atoms with Crippen molar-refractivity contribution in [3.63, 3.8) is 0 Å². The van der Waals surface area contributed by atoms with Gasteiger partial charge in [-0.05, 0) is 6.42 Å². The van der Waals surface area contributed by atoms with Gasteiger partial charge >= 0.3 is 0 Å². The van der Waals surface area contributed by atoms with Gasteiger partial charge in [-0.15, -0.1) is 0 Å². The number of hydrogen-bond acceptors (Lipinski definition) is 3. The summed E-state index contributed by atoms with van der Waals surface area (Å²) in [6.07, 6.45) is 1.43. The molecule has 20 heavy (non-hydrogen) atoms. The molecule has 0 atom stereocenters. The Balaban J connectivity index is 2.32. The van der Waals surface area contributed by atoms with Crippen LogP contribution in [0.15, 0.2) is 18.2 Å². The number of aromatic nitrogens is 2. The van der Waals surface area contributed by atoms with Gasteiger partial charge in [0.05, 0.1) is 5.69 Å². The zero-order valence-electron chi connectivity index (χ0n) is 10.6. The molecule has 1 aromatic carbocycles.